The van der Waals surface area contributed by atoms with E-state index >= 15 is 0 Å². The zero-order valence-corrected chi connectivity index (χ0v) is 18.6. The van der Waals surface area contributed by atoms with Gasteiger partial charge in [-0.1, -0.05) is 12.1 Å². The van der Waals surface area contributed by atoms with E-state index in [1.807, 2.05) is 4.90 Å². The van der Waals surface area contributed by atoms with Gasteiger partial charge in [0.2, 0.25) is 0 Å². The quantitative estimate of drug-likeness (QED) is 0.637. The Bertz CT molecular complexity index is 1080. The van der Waals surface area contributed by atoms with Gasteiger partial charge in [-0.25, -0.2) is 9.29 Å². The number of aliphatic hydroxyl groups is 1. The Morgan fingerprint density at radius 1 is 0.939 bits per heavy atom. The van der Waals surface area contributed by atoms with Crippen LogP contribution in [0.2, 0.25) is 0 Å². The number of aliphatic hydroxyl groups excluding tert-OH is 1. The van der Waals surface area contributed by atoms with E-state index < -0.39 is 17.6 Å². The third-order valence-electron chi connectivity index (χ3n) is 5.92. The highest BCUT2D eigenvalue weighted by atomic mass is 19.1. The number of β-amino-alcohol motifs (C(OH)–C–C–N with tert-alkyl or cyclic N) is 1. The summed E-state index contributed by atoms with van der Waals surface area (Å²) < 4.78 is 24.3. The van der Waals surface area contributed by atoms with Crippen molar-refractivity contribution in [2.45, 2.75) is 0 Å². The van der Waals surface area contributed by atoms with Crippen molar-refractivity contribution in [3.05, 3.63) is 59.5 Å². The Kier molecular flexibility index (Phi) is 6.62. The van der Waals surface area contributed by atoms with Gasteiger partial charge in [0.25, 0.3) is 11.8 Å². The molecule has 2 aliphatic rings. The minimum Gasteiger partial charge on any atom is -0.497 e. The molecule has 0 bridgehead atoms. The number of imide groups is 1. The van der Waals surface area contributed by atoms with E-state index in [2.05, 4.69) is 4.90 Å². The standard InChI is InChI=1S/C24H26FN3O5/c1-32-18-7-8-19(20(15-18)33-2)28-23(30)21(16-3-5-17(25)6-4-16)22(24(28)31)27-11-9-26(10-12-27)13-14-29/h3-8,15,29H,9-14H2,1-2H3. The van der Waals surface area contributed by atoms with Gasteiger partial charge in [-0.3, -0.25) is 14.5 Å². The smallest absolute Gasteiger partial charge is 0.282 e. The number of amides is 2. The summed E-state index contributed by atoms with van der Waals surface area (Å²) >= 11 is 0. The monoisotopic (exact) mass is 455 g/mol. The average Bonchev–Trinajstić information content (AvgIpc) is 3.09. The van der Waals surface area contributed by atoms with Gasteiger partial charge in [-0.15, -0.1) is 0 Å². The van der Waals surface area contributed by atoms with Crippen molar-refractivity contribution in [1.29, 1.82) is 0 Å². The van der Waals surface area contributed by atoms with Crippen LogP contribution in [0.15, 0.2) is 48.2 Å². The maximum Gasteiger partial charge on any atom is 0.282 e. The van der Waals surface area contributed by atoms with Crippen molar-refractivity contribution in [1.82, 2.24) is 9.80 Å². The van der Waals surface area contributed by atoms with Gasteiger partial charge in [0.05, 0.1) is 32.1 Å². The Hall–Kier alpha value is -3.43. The summed E-state index contributed by atoms with van der Waals surface area (Å²) in [4.78, 5) is 32.4. The Balaban J connectivity index is 1.76. The van der Waals surface area contributed by atoms with Crippen LogP contribution in [0, 0.1) is 5.82 Å². The number of benzene rings is 2. The summed E-state index contributed by atoms with van der Waals surface area (Å²) in [5.41, 5.74) is 1.29. The molecule has 1 fully saturated rings. The molecule has 4 rings (SSSR count). The van der Waals surface area contributed by atoms with E-state index in [1.54, 1.807) is 18.2 Å². The summed E-state index contributed by atoms with van der Waals surface area (Å²) in [7, 11) is 2.97. The molecule has 9 heteroatoms. The normalized spacial score (nSPS) is 17.2. The van der Waals surface area contributed by atoms with Crippen LogP contribution in [0.4, 0.5) is 10.1 Å². The van der Waals surface area contributed by atoms with Crippen LogP contribution in [0.1, 0.15) is 5.56 Å². The molecule has 0 aliphatic carbocycles. The molecule has 2 amide bonds. The van der Waals surface area contributed by atoms with Gasteiger partial charge in [0.1, 0.15) is 23.0 Å². The van der Waals surface area contributed by atoms with Gasteiger partial charge in [-0.05, 0) is 29.8 Å². The van der Waals surface area contributed by atoms with Gasteiger partial charge in [0, 0.05) is 38.8 Å². The molecule has 0 saturated carbocycles. The van der Waals surface area contributed by atoms with Gasteiger partial charge in [-0.2, -0.15) is 0 Å². The maximum atomic E-state index is 13.7. The average molecular weight is 455 g/mol. The third kappa shape index (κ3) is 4.29. The Labute approximate surface area is 191 Å². The van der Waals surface area contributed by atoms with Crippen molar-refractivity contribution in [2.24, 2.45) is 0 Å². The summed E-state index contributed by atoms with van der Waals surface area (Å²) in [6.45, 7) is 2.95. The molecule has 0 unspecified atom stereocenters. The molecule has 0 radical (unpaired) electrons. The first-order valence-corrected chi connectivity index (χ1v) is 10.7. The van der Waals surface area contributed by atoms with E-state index in [1.165, 1.54) is 38.5 Å². The topological polar surface area (TPSA) is 82.5 Å². The number of piperazine rings is 1. The van der Waals surface area contributed by atoms with Crippen LogP contribution >= 0.6 is 0 Å². The predicted molar refractivity (Wildman–Crippen MR) is 120 cm³/mol. The van der Waals surface area contributed by atoms with Crippen molar-refractivity contribution >= 4 is 23.1 Å². The third-order valence-corrected chi connectivity index (χ3v) is 5.92. The first kappa shape index (κ1) is 22.8. The number of anilines is 1. The fraction of sp³-hybridized carbons (Fsp3) is 0.333. The summed E-state index contributed by atoms with van der Waals surface area (Å²) in [5.74, 6) is -0.532. The molecule has 0 aromatic heterocycles. The van der Waals surface area contributed by atoms with E-state index in [0.717, 1.165) is 4.90 Å². The minimum atomic E-state index is -0.497. The van der Waals surface area contributed by atoms with E-state index in [0.29, 0.717) is 55.5 Å². The molecular formula is C24H26FN3O5. The molecule has 0 spiro atoms. The van der Waals surface area contributed by atoms with Crippen LogP contribution in [-0.2, 0) is 9.59 Å². The van der Waals surface area contributed by atoms with E-state index in [-0.39, 0.29) is 17.9 Å². The number of halogens is 1. The number of hydrogen-bond acceptors (Lipinski definition) is 7. The zero-order chi connectivity index (χ0) is 23.5. The molecule has 8 nitrogen and oxygen atoms in total. The molecule has 33 heavy (non-hydrogen) atoms. The van der Waals surface area contributed by atoms with Crippen LogP contribution < -0.4 is 14.4 Å². The lowest BCUT2D eigenvalue weighted by Gasteiger charge is -2.36. The highest BCUT2D eigenvalue weighted by Gasteiger charge is 2.44. The number of rotatable bonds is 7. The van der Waals surface area contributed by atoms with E-state index in [9.17, 15) is 19.1 Å². The summed E-state index contributed by atoms with van der Waals surface area (Å²) in [5, 5.41) is 9.21. The van der Waals surface area contributed by atoms with Crippen molar-refractivity contribution in [3.8, 4) is 11.5 Å². The largest absolute Gasteiger partial charge is 0.497 e. The zero-order valence-electron chi connectivity index (χ0n) is 18.6. The molecule has 2 aromatic carbocycles. The molecular weight excluding hydrogens is 429 g/mol. The van der Waals surface area contributed by atoms with Crippen molar-refractivity contribution in [2.75, 3.05) is 58.5 Å². The number of methoxy groups -OCH3 is 2. The number of ether oxygens (including phenoxy) is 2. The molecule has 1 saturated heterocycles. The lowest BCUT2D eigenvalue weighted by Crippen LogP contribution is -2.48. The second-order valence-electron chi connectivity index (χ2n) is 7.77. The number of carbonyl (C=O) groups excluding carboxylic acids is 2. The van der Waals surface area contributed by atoms with Crippen LogP contribution in [0.25, 0.3) is 5.57 Å². The maximum absolute atomic E-state index is 13.7. The van der Waals surface area contributed by atoms with E-state index in [4.69, 9.17) is 9.47 Å². The SMILES string of the molecule is COc1ccc(N2C(=O)C(c3ccc(F)cc3)=C(N3CCN(CCO)CC3)C2=O)c(OC)c1. The van der Waals surface area contributed by atoms with Gasteiger partial charge >= 0.3 is 0 Å². The van der Waals surface area contributed by atoms with Crippen molar-refractivity contribution in [3.63, 3.8) is 0 Å². The molecule has 1 N–H and O–H groups in total. The summed E-state index contributed by atoms with van der Waals surface area (Å²) in [6, 6.07) is 10.4. The second kappa shape index (κ2) is 9.60. The molecule has 2 aliphatic heterocycles. The molecule has 0 atom stereocenters. The molecule has 2 heterocycles. The molecule has 2 aromatic rings. The Morgan fingerprint density at radius 2 is 1.64 bits per heavy atom. The molecule has 174 valence electrons. The first-order valence-electron chi connectivity index (χ1n) is 10.7. The number of hydrogen-bond donors (Lipinski definition) is 1. The minimum absolute atomic E-state index is 0.0615. The van der Waals surface area contributed by atoms with Crippen LogP contribution in [-0.4, -0.2) is 80.3 Å². The van der Waals surface area contributed by atoms with Crippen molar-refractivity contribution < 1.29 is 28.6 Å². The fourth-order valence-corrected chi connectivity index (χ4v) is 4.21. The van der Waals surface area contributed by atoms with Crippen LogP contribution in [0.5, 0.6) is 11.5 Å². The predicted octanol–water partition coefficient (Wildman–Crippen LogP) is 1.74. The number of carbonyl (C=O) groups is 2. The fourth-order valence-electron chi connectivity index (χ4n) is 4.21. The lowest BCUT2D eigenvalue weighted by molar-refractivity contribution is -0.120. The highest BCUT2D eigenvalue weighted by Crippen LogP contribution is 2.40. The highest BCUT2D eigenvalue weighted by molar-refractivity contribution is 6.45. The first-order chi connectivity index (χ1) is 16.0. The summed E-state index contributed by atoms with van der Waals surface area (Å²) in [6.07, 6.45) is 0. The van der Waals surface area contributed by atoms with Gasteiger partial charge < -0.3 is 19.5 Å². The van der Waals surface area contributed by atoms with Crippen LogP contribution in [0.3, 0.4) is 0 Å². The second-order valence-corrected chi connectivity index (χ2v) is 7.77. The Morgan fingerprint density at radius 3 is 2.24 bits per heavy atom. The number of nitrogens with zero attached hydrogens (tertiary/aromatic N) is 3. The van der Waals surface area contributed by atoms with Gasteiger partial charge in [0.15, 0.2) is 0 Å². The lowest BCUT2D eigenvalue weighted by atomic mass is 10.0.